The number of unbranched alkanes of at least 4 members (excludes halogenated alkanes) is 24. The summed E-state index contributed by atoms with van der Waals surface area (Å²) in [4.78, 5) is 0. The van der Waals surface area contributed by atoms with Crippen LogP contribution in [0.5, 0.6) is 0 Å². The summed E-state index contributed by atoms with van der Waals surface area (Å²) in [6.45, 7) is 14.6. The summed E-state index contributed by atoms with van der Waals surface area (Å²) in [6, 6.07) is 0. The first-order valence-corrected chi connectivity index (χ1v) is 21.6. The zero-order chi connectivity index (χ0) is 35.4. The highest BCUT2D eigenvalue weighted by atomic mass is 16.5. The molecular weight excluding hydrogens is 588 g/mol. The molecule has 0 radical (unpaired) electrons. The van der Waals surface area contributed by atoms with Crippen LogP contribution < -0.4 is 0 Å². The first-order chi connectivity index (χ1) is 23.4. The third kappa shape index (κ3) is 30.2. The summed E-state index contributed by atoms with van der Waals surface area (Å²) in [5.41, 5.74) is -0.186. The number of rotatable bonds is 38. The predicted octanol–water partition coefficient (Wildman–Crippen LogP) is 14.6. The van der Waals surface area contributed by atoms with E-state index in [0.29, 0.717) is 6.61 Å². The van der Waals surface area contributed by atoms with Crippen LogP contribution in [0.15, 0.2) is 24.3 Å². The Bertz CT molecular complexity index is 684. The van der Waals surface area contributed by atoms with Gasteiger partial charge in [0.15, 0.2) is 0 Å². The molecule has 0 aliphatic carbocycles. The molecule has 3 unspecified atom stereocenters. The lowest BCUT2D eigenvalue weighted by molar-refractivity contribution is -0.146. The molecule has 0 spiro atoms. The van der Waals surface area contributed by atoms with Crippen LogP contribution in [0.3, 0.4) is 0 Å². The highest BCUT2D eigenvalue weighted by Gasteiger charge is 2.37. The maximum Gasteiger partial charge on any atom is 0.110 e. The van der Waals surface area contributed by atoms with E-state index in [4.69, 9.17) is 9.47 Å². The van der Waals surface area contributed by atoms with Crippen LogP contribution in [0.1, 0.15) is 228 Å². The van der Waals surface area contributed by atoms with Gasteiger partial charge in [-0.1, -0.05) is 174 Å². The van der Waals surface area contributed by atoms with Gasteiger partial charge in [0.2, 0.25) is 0 Å². The van der Waals surface area contributed by atoms with Crippen LogP contribution >= 0.6 is 0 Å². The van der Waals surface area contributed by atoms with Gasteiger partial charge in [-0.3, -0.25) is 0 Å². The Morgan fingerprint density at radius 2 is 0.771 bits per heavy atom. The SMILES string of the molecule is CCCCCCCC/C=C\CCCCCCCCOC(C)C(OCCCCCCCC/C=C\CCCCCCCC)C(O)C(C)(C)CC. The maximum absolute atomic E-state index is 11.3. The molecule has 0 rings (SSSR count). The van der Waals surface area contributed by atoms with Crippen LogP contribution in [-0.4, -0.2) is 36.6 Å². The number of hydrogen-bond donors (Lipinski definition) is 1. The van der Waals surface area contributed by atoms with Crippen LogP contribution in [0.25, 0.3) is 0 Å². The molecule has 3 heteroatoms. The third-order valence-corrected chi connectivity index (χ3v) is 10.5. The van der Waals surface area contributed by atoms with Crippen LogP contribution in [0, 0.1) is 5.41 Å². The van der Waals surface area contributed by atoms with Gasteiger partial charge >= 0.3 is 0 Å². The molecule has 0 saturated carbocycles. The second-order valence-corrected chi connectivity index (χ2v) is 15.6. The Kier molecular flexibility index (Phi) is 35.7. The number of hydrogen-bond acceptors (Lipinski definition) is 3. The Morgan fingerprint density at radius 3 is 1.12 bits per heavy atom. The minimum atomic E-state index is -0.522. The van der Waals surface area contributed by atoms with Gasteiger partial charge in [0.25, 0.3) is 0 Å². The topological polar surface area (TPSA) is 38.7 Å². The zero-order valence-electron chi connectivity index (χ0n) is 33.7. The summed E-state index contributed by atoms with van der Waals surface area (Å²) < 4.78 is 12.6. The van der Waals surface area contributed by atoms with Crippen molar-refractivity contribution in [1.82, 2.24) is 0 Å². The molecule has 0 aromatic heterocycles. The van der Waals surface area contributed by atoms with Gasteiger partial charge in [-0.05, 0) is 83.0 Å². The second-order valence-electron chi connectivity index (χ2n) is 15.6. The quantitative estimate of drug-likeness (QED) is 0.0522. The highest BCUT2D eigenvalue weighted by Crippen LogP contribution is 2.30. The summed E-state index contributed by atoms with van der Waals surface area (Å²) >= 11 is 0. The monoisotopic (exact) mass is 677 g/mol. The van der Waals surface area contributed by atoms with Gasteiger partial charge in [0.05, 0.1) is 12.2 Å². The van der Waals surface area contributed by atoms with E-state index in [1.807, 2.05) is 0 Å². The average Bonchev–Trinajstić information content (AvgIpc) is 3.08. The van der Waals surface area contributed by atoms with Crippen molar-refractivity contribution in [3.05, 3.63) is 24.3 Å². The van der Waals surface area contributed by atoms with E-state index in [9.17, 15) is 5.11 Å². The molecule has 0 aromatic rings. The molecule has 48 heavy (non-hydrogen) atoms. The van der Waals surface area contributed by atoms with E-state index in [1.165, 1.54) is 167 Å². The first-order valence-electron chi connectivity index (χ1n) is 21.6. The number of allylic oxidation sites excluding steroid dienone is 4. The lowest BCUT2D eigenvalue weighted by Gasteiger charge is -2.38. The predicted molar refractivity (Wildman–Crippen MR) is 214 cm³/mol. The van der Waals surface area contributed by atoms with E-state index >= 15 is 0 Å². The van der Waals surface area contributed by atoms with Crippen LogP contribution in [0.4, 0.5) is 0 Å². The maximum atomic E-state index is 11.3. The normalized spacial score (nSPS) is 14.4. The lowest BCUT2D eigenvalue weighted by atomic mass is 9.80. The van der Waals surface area contributed by atoms with Crippen molar-refractivity contribution in [1.29, 1.82) is 0 Å². The molecule has 3 nitrogen and oxygen atoms in total. The van der Waals surface area contributed by atoms with Crippen LogP contribution in [0.2, 0.25) is 0 Å². The van der Waals surface area contributed by atoms with Gasteiger partial charge in [0.1, 0.15) is 6.10 Å². The Balaban J connectivity index is 3.98. The number of ether oxygens (including phenoxy) is 2. The van der Waals surface area contributed by atoms with Crippen LogP contribution in [-0.2, 0) is 9.47 Å². The molecule has 1 N–H and O–H groups in total. The van der Waals surface area contributed by atoms with E-state index in [2.05, 4.69) is 65.8 Å². The highest BCUT2D eigenvalue weighted by molar-refractivity contribution is 4.87. The molecule has 0 aliphatic heterocycles. The molecule has 0 aromatic carbocycles. The fourth-order valence-corrected chi connectivity index (χ4v) is 6.42. The molecular formula is C45H88O3. The van der Waals surface area contributed by atoms with Gasteiger partial charge < -0.3 is 14.6 Å². The van der Waals surface area contributed by atoms with Crippen molar-refractivity contribution in [3.63, 3.8) is 0 Å². The summed E-state index contributed by atoms with van der Waals surface area (Å²) in [6.07, 6.45) is 46.4. The molecule has 0 heterocycles. The molecule has 0 aliphatic rings. The molecule has 3 atom stereocenters. The van der Waals surface area contributed by atoms with Crippen molar-refractivity contribution in [2.45, 2.75) is 246 Å². The Hall–Kier alpha value is -0.640. The van der Waals surface area contributed by atoms with Crippen molar-refractivity contribution < 1.29 is 14.6 Å². The minimum absolute atomic E-state index is 0.0944. The lowest BCUT2D eigenvalue weighted by Crippen LogP contribution is -2.47. The van der Waals surface area contributed by atoms with Gasteiger partial charge in [-0.15, -0.1) is 0 Å². The fourth-order valence-electron chi connectivity index (χ4n) is 6.42. The number of aliphatic hydroxyl groups excluding tert-OH is 1. The summed E-state index contributed by atoms with van der Waals surface area (Å²) in [5, 5.41) is 11.3. The molecule has 0 amide bonds. The first kappa shape index (κ1) is 47.4. The summed E-state index contributed by atoms with van der Waals surface area (Å²) in [7, 11) is 0. The zero-order valence-corrected chi connectivity index (χ0v) is 33.7. The largest absolute Gasteiger partial charge is 0.390 e. The van der Waals surface area contributed by atoms with E-state index in [1.54, 1.807) is 0 Å². The fraction of sp³-hybridized carbons (Fsp3) is 0.911. The molecule has 0 fully saturated rings. The Morgan fingerprint density at radius 1 is 0.458 bits per heavy atom. The van der Waals surface area contributed by atoms with E-state index in [0.717, 1.165) is 25.9 Å². The molecule has 0 bridgehead atoms. The van der Waals surface area contributed by atoms with E-state index < -0.39 is 6.10 Å². The van der Waals surface area contributed by atoms with Gasteiger partial charge in [-0.2, -0.15) is 0 Å². The van der Waals surface area contributed by atoms with Gasteiger partial charge in [-0.25, -0.2) is 0 Å². The van der Waals surface area contributed by atoms with Crippen molar-refractivity contribution >= 4 is 0 Å². The smallest absolute Gasteiger partial charge is 0.110 e. The van der Waals surface area contributed by atoms with E-state index in [-0.39, 0.29) is 17.6 Å². The molecule has 0 saturated heterocycles. The standard InChI is InChI=1S/C45H88O3/c1-7-10-12-14-16-18-20-22-24-26-28-30-32-34-36-38-40-47-42(4)43(44(46)45(5,6)9-3)48-41-39-37-35-33-31-29-27-25-23-21-19-17-15-13-11-8-2/h22-25,42-44,46H,7-21,26-41H2,1-6H3/b24-22-,25-23-. The minimum Gasteiger partial charge on any atom is -0.390 e. The second kappa shape index (κ2) is 36.2. The van der Waals surface area contributed by atoms with Crippen molar-refractivity contribution in [2.75, 3.05) is 13.2 Å². The molecule has 286 valence electrons. The Labute approximate surface area is 302 Å². The van der Waals surface area contributed by atoms with Gasteiger partial charge in [0, 0.05) is 13.2 Å². The van der Waals surface area contributed by atoms with Crippen molar-refractivity contribution in [3.8, 4) is 0 Å². The third-order valence-electron chi connectivity index (χ3n) is 10.5. The average molecular weight is 677 g/mol. The number of aliphatic hydroxyl groups is 1. The summed E-state index contributed by atoms with van der Waals surface area (Å²) in [5.74, 6) is 0. The van der Waals surface area contributed by atoms with Crippen molar-refractivity contribution in [2.24, 2.45) is 5.41 Å².